The SMILES string of the molecule is CN(C)c1ccc(C=Cc2cc[n+](C)c(C=Cc3ccc(N(C)C)cc3)c2)cc1. The lowest BCUT2D eigenvalue weighted by Gasteiger charge is -2.11. The van der Waals surface area contributed by atoms with Gasteiger partial charge in [-0.1, -0.05) is 36.4 Å². The lowest BCUT2D eigenvalue weighted by atomic mass is 10.1. The first-order chi connectivity index (χ1) is 13.9. The first kappa shape index (κ1) is 20.4. The van der Waals surface area contributed by atoms with Crippen LogP contribution in [0.25, 0.3) is 24.3 Å². The first-order valence-corrected chi connectivity index (χ1v) is 9.83. The zero-order chi connectivity index (χ0) is 20.8. The molecule has 0 saturated heterocycles. The van der Waals surface area contributed by atoms with Crippen molar-refractivity contribution in [3.63, 3.8) is 0 Å². The summed E-state index contributed by atoms with van der Waals surface area (Å²) < 4.78 is 2.13. The highest BCUT2D eigenvalue weighted by Gasteiger charge is 2.03. The minimum atomic E-state index is 1.16. The van der Waals surface area contributed by atoms with Crippen LogP contribution >= 0.6 is 0 Å². The summed E-state index contributed by atoms with van der Waals surface area (Å²) in [5.41, 5.74) is 7.15. The van der Waals surface area contributed by atoms with Crippen LogP contribution in [0.3, 0.4) is 0 Å². The number of aromatic nitrogens is 1. The minimum Gasteiger partial charge on any atom is -0.378 e. The molecule has 3 rings (SSSR count). The maximum Gasteiger partial charge on any atom is 0.205 e. The Labute approximate surface area is 174 Å². The molecule has 0 aliphatic carbocycles. The Morgan fingerprint density at radius 3 is 1.52 bits per heavy atom. The van der Waals surface area contributed by atoms with Gasteiger partial charge in [0.15, 0.2) is 6.20 Å². The highest BCUT2D eigenvalue weighted by atomic mass is 15.1. The average Bonchev–Trinajstić information content (AvgIpc) is 2.72. The fourth-order valence-electron chi connectivity index (χ4n) is 3.02. The fraction of sp³-hybridized carbons (Fsp3) is 0.192. The molecule has 148 valence electrons. The summed E-state index contributed by atoms with van der Waals surface area (Å²) in [6, 6.07) is 21.5. The van der Waals surface area contributed by atoms with Gasteiger partial charge >= 0.3 is 0 Å². The standard InChI is InChI=1S/C26H30N3/c1-27(2)24-13-8-21(9-14-24)6-7-23-18-19-29(5)26(20-23)17-12-22-10-15-25(16-11-22)28(3)4/h6-20H,1-5H3/q+1. The van der Waals surface area contributed by atoms with Gasteiger partial charge in [0, 0.05) is 57.8 Å². The third kappa shape index (κ3) is 5.58. The van der Waals surface area contributed by atoms with E-state index in [1.54, 1.807) is 0 Å². The van der Waals surface area contributed by atoms with E-state index < -0.39 is 0 Å². The second-order valence-corrected chi connectivity index (χ2v) is 7.63. The summed E-state index contributed by atoms with van der Waals surface area (Å²) in [5, 5.41) is 0. The Hall–Kier alpha value is -3.33. The van der Waals surface area contributed by atoms with E-state index in [1.165, 1.54) is 28.1 Å². The van der Waals surface area contributed by atoms with E-state index in [1.807, 2.05) is 0 Å². The molecule has 0 atom stereocenters. The molecule has 0 bridgehead atoms. The van der Waals surface area contributed by atoms with Crippen molar-refractivity contribution in [2.75, 3.05) is 38.0 Å². The van der Waals surface area contributed by atoms with E-state index >= 15 is 0 Å². The van der Waals surface area contributed by atoms with Gasteiger partial charge in [0.1, 0.15) is 7.05 Å². The van der Waals surface area contributed by atoms with Crippen LogP contribution < -0.4 is 14.4 Å². The number of pyridine rings is 1. The number of aryl methyl sites for hydroxylation is 1. The van der Waals surface area contributed by atoms with Crippen LogP contribution in [0.5, 0.6) is 0 Å². The molecule has 1 heterocycles. The van der Waals surface area contributed by atoms with Crippen LogP contribution in [0, 0.1) is 0 Å². The van der Waals surface area contributed by atoms with E-state index in [0.717, 1.165) is 5.69 Å². The summed E-state index contributed by atoms with van der Waals surface area (Å²) in [7, 11) is 10.3. The second-order valence-electron chi connectivity index (χ2n) is 7.63. The largest absolute Gasteiger partial charge is 0.378 e. The van der Waals surface area contributed by atoms with Crippen molar-refractivity contribution in [3.05, 3.63) is 89.2 Å². The molecule has 29 heavy (non-hydrogen) atoms. The highest BCUT2D eigenvalue weighted by molar-refractivity contribution is 5.73. The Balaban J connectivity index is 1.75. The molecule has 3 nitrogen and oxygen atoms in total. The van der Waals surface area contributed by atoms with Crippen molar-refractivity contribution in [2.24, 2.45) is 7.05 Å². The fourth-order valence-corrected chi connectivity index (χ4v) is 3.02. The van der Waals surface area contributed by atoms with Crippen molar-refractivity contribution in [3.8, 4) is 0 Å². The van der Waals surface area contributed by atoms with Crippen molar-refractivity contribution in [1.29, 1.82) is 0 Å². The predicted molar refractivity (Wildman–Crippen MR) is 127 cm³/mol. The lowest BCUT2D eigenvalue weighted by molar-refractivity contribution is -0.673. The maximum absolute atomic E-state index is 2.20. The molecular weight excluding hydrogens is 354 g/mol. The molecule has 3 heteroatoms. The maximum atomic E-state index is 2.20. The summed E-state index contributed by atoms with van der Waals surface area (Å²) >= 11 is 0. The van der Waals surface area contributed by atoms with Gasteiger partial charge in [-0.15, -0.1) is 0 Å². The number of hydrogen-bond acceptors (Lipinski definition) is 2. The first-order valence-electron chi connectivity index (χ1n) is 9.83. The molecule has 3 aromatic rings. The monoisotopic (exact) mass is 384 g/mol. The quantitative estimate of drug-likeness (QED) is 0.555. The molecule has 0 aliphatic heterocycles. The number of anilines is 2. The van der Waals surface area contributed by atoms with Crippen LogP contribution in [-0.2, 0) is 7.05 Å². The molecule has 0 N–H and O–H groups in total. The summed E-state index contributed by atoms with van der Waals surface area (Å²) in [6.07, 6.45) is 10.7. The summed E-state index contributed by atoms with van der Waals surface area (Å²) in [4.78, 5) is 4.22. The van der Waals surface area contributed by atoms with E-state index in [2.05, 4.69) is 141 Å². The van der Waals surface area contributed by atoms with Gasteiger partial charge in [0.25, 0.3) is 0 Å². The van der Waals surface area contributed by atoms with Crippen molar-refractivity contribution in [2.45, 2.75) is 0 Å². The van der Waals surface area contributed by atoms with Gasteiger partial charge in [0.05, 0.1) is 0 Å². The van der Waals surface area contributed by atoms with E-state index in [-0.39, 0.29) is 0 Å². The Kier molecular flexibility index (Phi) is 6.50. The third-order valence-corrected chi connectivity index (χ3v) is 4.95. The van der Waals surface area contributed by atoms with Crippen molar-refractivity contribution >= 4 is 35.7 Å². The van der Waals surface area contributed by atoms with Crippen LogP contribution in [-0.4, -0.2) is 28.2 Å². The van der Waals surface area contributed by atoms with Crippen LogP contribution in [0.1, 0.15) is 22.4 Å². The number of nitrogens with zero attached hydrogens (tertiary/aromatic N) is 3. The smallest absolute Gasteiger partial charge is 0.205 e. The van der Waals surface area contributed by atoms with Crippen molar-refractivity contribution in [1.82, 2.24) is 0 Å². The minimum absolute atomic E-state index is 1.16. The molecule has 1 aromatic heterocycles. The van der Waals surface area contributed by atoms with Crippen molar-refractivity contribution < 1.29 is 4.57 Å². The molecule has 0 saturated carbocycles. The summed E-state index contributed by atoms with van der Waals surface area (Å²) in [5.74, 6) is 0. The molecule has 0 unspecified atom stereocenters. The molecule has 0 aliphatic rings. The number of benzene rings is 2. The third-order valence-electron chi connectivity index (χ3n) is 4.95. The van der Waals surface area contributed by atoms with Gasteiger partial charge in [0.2, 0.25) is 5.69 Å². The highest BCUT2D eigenvalue weighted by Crippen LogP contribution is 2.16. The van der Waals surface area contributed by atoms with Gasteiger partial charge in [-0.2, -0.15) is 0 Å². The Bertz CT molecular complexity index is 995. The lowest BCUT2D eigenvalue weighted by Crippen LogP contribution is -2.30. The van der Waals surface area contributed by atoms with Crippen LogP contribution in [0.4, 0.5) is 11.4 Å². The normalized spacial score (nSPS) is 11.3. The van der Waals surface area contributed by atoms with E-state index in [9.17, 15) is 0 Å². The molecule has 0 amide bonds. The van der Waals surface area contributed by atoms with E-state index in [4.69, 9.17) is 0 Å². The van der Waals surface area contributed by atoms with Crippen LogP contribution in [0.15, 0.2) is 66.9 Å². The average molecular weight is 385 g/mol. The van der Waals surface area contributed by atoms with Gasteiger partial charge in [-0.3, -0.25) is 0 Å². The van der Waals surface area contributed by atoms with E-state index in [0.29, 0.717) is 0 Å². The zero-order valence-corrected chi connectivity index (χ0v) is 18.0. The molecular formula is C26H30N3+. The second kappa shape index (κ2) is 9.24. The molecule has 2 aromatic carbocycles. The predicted octanol–water partition coefficient (Wildman–Crippen LogP) is 4.98. The van der Waals surface area contributed by atoms with Crippen LogP contribution in [0.2, 0.25) is 0 Å². The Morgan fingerprint density at radius 2 is 1.03 bits per heavy atom. The Morgan fingerprint density at radius 1 is 0.586 bits per heavy atom. The zero-order valence-electron chi connectivity index (χ0n) is 18.0. The topological polar surface area (TPSA) is 10.4 Å². The molecule has 0 fully saturated rings. The molecule has 0 radical (unpaired) electrons. The molecule has 0 spiro atoms. The van der Waals surface area contributed by atoms with Gasteiger partial charge in [-0.05, 0) is 47.0 Å². The number of hydrogen-bond donors (Lipinski definition) is 0. The summed E-state index contributed by atoms with van der Waals surface area (Å²) in [6.45, 7) is 0. The van der Waals surface area contributed by atoms with Gasteiger partial charge < -0.3 is 9.80 Å². The van der Waals surface area contributed by atoms with Gasteiger partial charge in [-0.25, -0.2) is 4.57 Å². The number of rotatable bonds is 6.